The number of rotatable bonds is 6. The van der Waals surface area contributed by atoms with Crippen LogP contribution in [-0.4, -0.2) is 0 Å². The van der Waals surface area contributed by atoms with Crippen molar-refractivity contribution >= 4 is 0 Å². The lowest BCUT2D eigenvalue weighted by Gasteiger charge is -2.00. The van der Waals surface area contributed by atoms with Crippen molar-refractivity contribution in [3.8, 4) is 0 Å². The third-order valence-corrected chi connectivity index (χ3v) is 2.47. The average Bonchev–Trinajstić information content (AvgIpc) is 2.17. The second kappa shape index (κ2) is 8.52. The van der Waals surface area contributed by atoms with Crippen LogP contribution in [0, 0.1) is 6.92 Å². The Kier molecular flexibility index (Phi) is 8.08. The highest BCUT2D eigenvalue weighted by Crippen LogP contribution is 2.10. The molecule has 0 aliphatic heterocycles. The minimum atomic E-state index is 1.14. The maximum absolute atomic E-state index is 3.76. The zero-order valence-corrected chi connectivity index (χ0v) is 10.8. The fourth-order valence-electron chi connectivity index (χ4n) is 1.34. The highest BCUT2D eigenvalue weighted by Gasteiger charge is 1.90. The summed E-state index contributed by atoms with van der Waals surface area (Å²) in [5.41, 5.74) is 4.30. The molecule has 0 aliphatic carbocycles. The fraction of sp³-hybridized carbons (Fsp3) is 0.533. The summed E-state index contributed by atoms with van der Waals surface area (Å²) in [6, 6.07) is 0. The Morgan fingerprint density at radius 2 is 1.40 bits per heavy atom. The standard InChI is InChI=1S/C15H25/c1-6-14(4)10-8-12-15(5)11-7-9-13(2)3/h6,9,12H,1,7-8,10-11H2,2-5H3/b14-6-,15-12+. The quantitative estimate of drug-likeness (QED) is 0.520. The van der Waals surface area contributed by atoms with Gasteiger partial charge in [0.2, 0.25) is 0 Å². The molecule has 0 nitrogen and oxygen atoms in total. The number of allylic oxidation sites excluding steroid dienone is 6. The summed E-state index contributed by atoms with van der Waals surface area (Å²) < 4.78 is 0. The van der Waals surface area contributed by atoms with E-state index in [9.17, 15) is 0 Å². The first-order chi connectivity index (χ1) is 7.06. The summed E-state index contributed by atoms with van der Waals surface area (Å²) in [6.07, 6.45) is 11.3. The van der Waals surface area contributed by atoms with Gasteiger partial charge in [-0.1, -0.05) is 34.9 Å². The molecule has 0 aromatic carbocycles. The van der Waals surface area contributed by atoms with Crippen molar-refractivity contribution in [2.45, 2.75) is 53.4 Å². The Bertz CT molecular complexity index is 247. The van der Waals surface area contributed by atoms with E-state index < -0.39 is 0 Å². The molecule has 0 aromatic heterocycles. The molecule has 0 bridgehead atoms. The van der Waals surface area contributed by atoms with E-state index in [2.05, 4.69) is 46.8 Å². The molecule has 15 heavy (non-hydrogen) atoms. The molecule has 0 unspecified atom stereocenters. The van der Waals surface area contributed by atoms with E-state index in [0.717, 1.165) is 12.8 Å². The Balaban J connectivity index is 3.75. The summed E-state index contributed by atoms with van der Waals surface area (Å²) >= 11 is 0. The van der Waals surface area contributed by atoms with E-state index >= 15 is 0 Å². The van der Waals surface area contributed by atoms with Crippen molar-refractivity contribution in [2.75, 3.05) is 0 Å². The van der Waals surface area contributed by atoms with Crippen molar-refractivity contribution in [3.63, 3.8) is 0 Å². The van der Waals surface area contributed by atoms with E-state index in [1.54, 1.807) is 0 Å². The van der Waals surface area contributed by atoms with Crippen molar-refractivity contribution in [1.82, 2.24) is 0 Å². The summed E-state index contributed by atoms with van der Waals surface area (Å²) in [5.74, 6) is 0. The number of hydrogen-bond acceptors (Lipinski definition) is 0. The van der Waals surface area contributed by atoms with Crippen LogP contribution < -0.4 is 0 Å². The molecule has 1 radical (unpaired) electrons. The van der Waals surface area contributed by atoms with E-state index in [1.165, 1.54) is 29.6 Å². The van der Waals surface area contributed by atoms with E-state index in [-0.39, 0.29) is 0 Å². The van der Waals surface area contributed by atoms with Crippen LogP contribution in [0.15, 0.2) is 34.9 Å². The summed E-state index contributed by atoms with van der Waals surface area (Å²) in [5, 5.41) is 0. The third kappa shape index (κ3) is 9.52. The first-order valence-electron chi connectivity index (χ1n) is 5.80. The molecule has 0 N–H and O–H groups in total. The molecule has 0 fully saturated rings. The molecular weight excluding hydrogens is 180 g/mol. The molecule has 0 heterocycles. The molecule has 0 heteroatoms. The van der Waals surface area contributed by atoms with Gasteiger partial charge >= 0.3 is 0 Å². The summed E-state index contributed by atoms with van der Waals surface area (Å²) in [7, 11) is 0. The highest BCUT2D eigenvalue weighted by molar-refractivity contribution is 5.05. The topological polar surface area (TPSA) is 0 Å². The van der Waals surface area contributed by atoms with Crippen LogP contribution >= 0.6 is 0 Å². The van der Waals surface area contributed by atoms with Crippen LogP contribution in [0.4, 0.5) is 0 Å². The van der Waals surface area contributed by atoms with Crippen molar-refractivity contribution in [3.05, 3.63) is 41.9 Å². The number of hydrogen-bond donors (Lipinski definition) is 0. The lowest BCUT2D eigenvalue weighted by molar-refractivity contribution is 0.918. The third-order valence-electron chi connectivity index (χ3n) is 2.47. The van der Waals surface area contributed by atoms with Crippen molar-refractivity contribution < 1.29 is 0 Å². The van der Waals surface area contributed by atoms with Crippen LogP contribution in [0.1, 0.15) is 53.4 Å². The molecule has 0 aliphatic rings. The fourth-order valence-corrected chi connectivity index (χ4v) is 1.34. The minimum Gasteiger partial charge on any atom is -0.0856 e. The highest BCUT2D eigenvalue weighted by atomic mass is 14.0. The Hall–Kier alpha value is -0.780. The molecule has 0 aromatic rings. The summed E-state index contributed by atoms with van der Waals surface area (Å²) in [4.78, 5) is 0. The lowest BCUT2D eigenvalue weighted by Crippen LogP contribution is -1.80. The van der Waals surface area contributed by atoms with Gasteiger partial charge in [-0.05, 0) is 60.3 Å². The van der Waals surface area contributed by atoms with Crippen LogP contribution in [0.3, 0.4) is 0 Å². The predicted octanol–water partition coefficient (Wildman–Crippen LogP) is 5.24. The predicted molar refractivity (Wildman–Crippen MR) is 70.8 cm³/mol. The second-order valence-corrected chi connectivity index (χ2v) is 4.46. The molecule has 0 saturated heterocycles. The molecular formula is C15H25. The Labute approximate surface area is 95.8 Å². The molecule has 0 rings (SSSR count). The van der Waals surface area contributed by atoms with Gasteiger partial charge in [0.05, 0.1) is 0 Å². The lowest BCUT2D eigenvalue weighted by atomic mass is 10.1. The van der Waals surface area contributed by atoms with Crippen LogP contribution in [0.2, 0.25) is 0 Å². The van der Waals surface area contributed by atoms with Gasteiger partial charge in [0.25, 0.3) is 0 Å². The van der Waals surface area contributed by atoms with E-state index in [4.69, 9.17) is 0 Å². The zero-order valence-electron chi connectivity index (χ0n) is 10.8. The van der Waals surface area contributed by atoms with Gasteiger partial charge in [0, 0.05) is 0 Å². The summed E-state index contributed by atoms with van der Waals surface area (Å²) in [6.45, 7) is 12.4. The van der Waals surface area contributed by atoms with Gasteiger partial charge in [-0.25, -0.2) is 0 Å². The maximum Gasteiger partial charge on any atom is -0.0288 e. The zero-order chi connectivity index (χ0) is 11.7. The minimum absolute atomic E-state index is 1.14. The van der Waals surface area contributed by atoms with Gasteiger partial charge < -0.3 is 0 Å². The van der Waals surface area contributed by atoms with Gasteiger partial charge in [-0.15, -0.1) is 0 Å². The maximum atomic E-state index is 3.76. The largest absolute Gasteiger partial charge is 0.0856 e. The molecule has 0 spiro atoms. The van der Waals surface area contributed by atoms with E-state index in [0.29, 0.717) is 0 Å². The monoisotopic (exact) mass is 205 g/mol. The first kappa shape index (κ1) is 14.2. The van der Waals surface area contributed by atoms with Gasteiger partial charge in [0.15, 0.2) is 0 Å². The molecule has 0 atom stereocenters. The smallest absolute Gasteiger partial charge is 0.0288 e. The first-order valence-corrected chi connectivity index (χ1v) is 5.80. The van der Waals surface area contributed by atoms with Gasteiger partial charge in [-0.2, -0.15) is 0 Å². The Morgan fingerprint density at radius 3 is 1.93 bits per heavy atom. The normalized spacial score (nSPS) is 12.9. The van der Waals surface area contributed by atoms with Crippen molar-refractivity contribution in [1.29, 1.82) is 0 Å². The van der Waals surface area contributed by atoms with Crippen molar-refractivity contribution in [2.24, 2.45) is 0 Å². The molecule has 85 valence electrons. The second-order valence-electron chi connectivity index (χ2n) is 4.46. The van der Waals surface area contributed by atoms with Crippen LogP contribution in [0.25, 0.3) is 0 Å². The SMILES string of the molecule is [CH2]/C=C(/C)CC/C=C(\C)CCC=C(C)C. The molecule has 0 amide bonds. The van der Waals surface area contributed by atoms with Crippen LogP contribution in [0.5, 0.6) is 0 Å². The van der Waals surface area contributed by atoms with Gasteiger partial charge in [0.1, 0.15) is 0 Å². The van der Waals surface area contributed by atoms with Gasteiger partial charge in [-0.3, -0.25) is 0 Å². The van der Waals surface area contributed by atoms with E-state index in [1.807, 2.05) is 6.08 Å². The van der Waals surface area contributed by atoms with Crippen LogP contribution in [-0.2, 0) is 0 Å². The average molecular weight is 205 g/mol. The molecule has 0 saturated carbocycles. The Morgan fingerprint density at radius 1 is 0.867 bits per heavy atom.